The highest BCUT2D eigenvalue weighted by Gasteiger charge is 2.27. The normalized spacial score (nSPS) is 15.4. The molecule has 2 heterocycles. The number of aromatic nitrogens is 1. The smallest absolute Gasteiger partial charge is 0.262 e. The van der Waals surface area contributed by atoms with E-state index in [2.05, 4.69) is 20.9 Å². The van der Waals surface area contributed by atoms with Crippen LogP contribution in [-0.2, 0) is 14.3 Å². The van der Waals surface area contributed by atoms with Crippen molar-refractivity contribution < 1.29 is 19.1 Å². The van der Waals surface area contributed by atoms with Crippen molar-refractivity contribution in [1.82, 2.24) is 15.6 Å². The zero-order valence-corrected chi connectivity index (χ0v) is 22.8. The lowest BCUT2D eigenvalue weighted by Gasteiger charge is -2.21. The lowest BCUT2D eigenvalue weighted by atomic mass is 9.97. The van der Waals surface area contributed by atoms with Crippen LogP contribution < -0.4 is 16.0 Å². The van der Waals surface area contributed by atoms with E-state index < -0.39 is 6.04 Å². The number of aryl methyl sites for hydroxylation is 1. The predicted molar refractivity (Wildman–Crippen MR) is 144 cm³/mol. The van der Waals surface area contributed by atoms with Crippen molar-refractivity contribution in [2.24, 2.45) is 5.92 Å². The molecule has 2 aromatic rings. The Kier molecular flexibility index (Phi) is 11.4. The molecule has 0 radical (unpaired) electrons. The van der Waals surface area contributed by atoms with Gasteiger partial charge < -0.3 is 25.4 Å². The van der Waals surface area contributed by atoms with E-state index in [9.17, 15) is 9.59 Å². The molecule has 198 valence electrons. The Balaban J connectivity index is 1.58. The number of thiophene rings is 1. The quantitative estimate of drug-likeness (QED) is 0.302. The molecule has 1 fully saturated rings. The molecule has 1 aliphatic rings. The Morgan fingerprint density at radius 3 is 2.75 bits per heavy atom. The second-order valence-corrected chi connectivity index (χ2v) is 10.7. The van der Waals surface area contributed by atoms with Crippen molar-refractivity contribution >= 4 is 40.4 Å². The Morgan fingerprint density at radius 1 is 1.22 bits per heavy atom. The van der Waals surface area contributed by atoms with Gasteiger partial charge >= 0.3 is 0 Å². The minimum atomic E-state index is -0.569. The summed E-state index contributed by atoms with van der Waals surface area (Å²) in [6.07, 6.45) is 6.84. The molecule has 2 aromatic heterocycles. The number of rotatable bonds is 14. The number of hydrogen-bond donors (Lipinski definition) is 3. The van der Waals surface area contributed by atoms with Crippen molar-refractivity contribution in [2.45, 2.75) is 58.0 Å². The summed E-state index contributed by atoms with van der Waals surface area (Å²) in [5, 5.41) is 9.88. The van der Waals surface area contributed by atoms with E-state index >= 15 is 0 Å². The van der Waals surface area contributed by atoms with Gasteiger partial charge in [-0.2, -0.15) is 0 Å². The van der Waals surface area contributed by atoms with Crippen LogP contribution in [0.1, 0.15) is 65.3 Å². The summed E-state index contributed by atoms with van der Waals surface area (Å²) in [5.41, 5.74) is 1.71. The average Bonchev–Trinajstić information content (AvgIpc) is 3.55. The van der Waals surface area contributed by atoms with E-state index in [1.807, 2.05) is 32.0 Å². The van der Waals surface area contributed by atoms with Crippen LogP contribution in [0.5, 0.6) is 0 Å². The largest absolute Gasteiger partial charge is 0.382 e. The number of amides is 2. The number of carbonyl (C=O) groups excluding carboxylic acids is 2. The van der Waals surface area contributed by atoms with E-state index in [4.69, 9.17) is 21.1 Å². The minimum absolute atomic E-state index is 0.0359. The summed E-state index contributed by atoms with van der Waals surface area (Å²) in [7, 11) is 1.62. The van der Waals surface area contributed by atoms with Gasteiger partial charge in [-0.1, -0.05) is 37.3 Å². The van der Waals surface area contributed by atoms with Crippen LogP contribution in [0, 0.1) is 12.8 Å². The van der Waals surface area contributed by atoms with E-state index in [0.29, 0.717) is 48.6 Å². The van der Waals surface area contributed by atoms with Crippen molar-refractivity contribution in [1.29, 1.82) is 0 Å². The zero-order chi connectivity index (χ0) is 25.9. The van der Waals surface area contributed by atoms with E-state index in [0.717, 1.165) is 29.1 Å². The molecular formula is C26H37ClN4O4S. The minimum Gasteiger partial charge on any atom is -0.382 e. The van der Waals surface area contributed by atoms with E-state index in [-0.39, 0.29) is 17.9 Å². The summed E-state index contributed by atoms with van der Waals surface area (Å²) in [6, 6.07) is 4.99. The van der Waals surface area contributed by atoms with Crippen LogP contribution in [0.25, 0.3) is 0 Å². The van der Waals surface area contributed by atoms with Gasteiger partial charge in [0.15, 0.2) is 0 Å². The molecular weight excluding hydrogens is 500 g/mol. The molecule has 10 heteroatoms. The topological polar surface area (TPSA) is 102 Å². The molecule has 0 saturated heterocycles. The zero-order valence-electron chi connectivity index (χ0n) is 21.3. The lowest BCUT2D eigenvalue weighted by molar-refractivity contribution is -0.123. The Hall–Kier alpha value is -2.20. The van der Waals surface area contributed by atoms with Gasteiger partial charge in [0.25, 0.3) is 5.91 Å². The van der Waals surface area contributed by atoms with Crippen LogP contribution in [0.4, 0.5) is 5.69 Å². The summed E-state index contributed by atoms with van der Waals surface area (Å²) in [6.45, 7) is 5.74. The highest BCUT2D eigenvalue weighted by molar-refractivity contribution is 7.14. The fourth-order valence-electron chi connectivity index (χ4n) is 4.32. The third-order valence-corrected chi connectivity index (χ3v) is 7.82. The van der Waals surface area contributed by atoms with Crippen molar-refractivity contribution in [2.75, 3.05) is 38.8 Å². The van der Waals surface area contributed by atoms with Gasteiger partial charge in [0.1, 0.15) is 6.04 Å². The molecule has 0 aromatic carbocycles. The molecule has 3 rings (SSSR count). The lowest BCUT2D eigenvalue weighted by Crippen LogP contribution is -2.48. The summed E-state index contributed by atoms with van der Waals surface area (Å²) >= 11 is 7.50. The summed E-state index contributed by atoms with van der Waals surface area (Å²) in [5.74, 6) is 0.0616. The maximum Gasteiger partial charge on any atom is 0.262 e. The maximum absolute atomic E-state index is 13.1. The number of methoxy groups -OCH3 is 1. The first kappa shape index (κ1) is 28.4. The predicted octanol–water partition coefficient (Wildman–Crippen LogP) is 4.74. The van der Waals surface area contributed by atoms with Gasteiger partial charge in [-0.25, -0.2) is 0 Å². The maximum atomic E-state index is 13.1. The Morgan fingerprint density at radius 2 is 2.00 bits per heavy atom. The van der Waals surface area contributed by atoms with Crippen LogP contribution in [-0.4, -0.2) is 56.3 Å². The molecule has 0 unspecified atom stereocenters. The molecule has 8 nitrogen and oxygen atoms in total. The SMILES string of the molecule is COCCOCCNC(=O)[C@H](CC1CCCC1)NC(=O)c1ccc([C@H](C)Nc2cc(Cl)cnc2C)s1. The molecule has 0 aliphatic heterocycles. The number of carbonyl (C=O) groups is 2. The second kappa shape index (κ2) is 14.5. The van der Waals surface area contributed by atoms with Gasteiger partial charge in [-0.3, -0.25) is 14.6 Å². The van der Waals surface area contributed by atoms with Gasteiger partial charge in [0.05, 0.1) is 47.1 Å². The summed E-state index contributed by atoms with van der Waals surface area (Å²) < 4.78 is 10.4. The standard InChI is InChI=1S/C26H37ClN4O4S/c1-17-21(15-20(27)16-29-17)30-18(2)23-8-9-24(36-23)26(33)31-22(14-19-6-4-5-7-19)25(32)28-10-11-35-13-12-34-3/h8-9,15-16,18-19,22,30H,4-7,10-14H2,1-3H3,(H,28,32)(H,31,33)/t18-,22-/m0/s1. The number of nitrogens with zero attached hydrogens (tertiary/aromatic N) is 1. The monoisotopic (exact) mass is 536 g/mol. The fourth-order valence-corrected chi connectivity index (χ4v) is 5.39. The number of anilines is 1. The molecule has 3 N–H and O–H groups in total. The third-order valence-electron chi connectivity index (χ3n) is 6.35. The first-order valence-electron chi connectivity index (χ1n) is 12.5. The van der Waals surface area contributed by atoms with Crippen LogP contribution in [0.2, 0.25) is 5.02 Å². The van der Waals surface area contributed by atoms with Gasteiger partial charge in [0.2, 0.25) is 5.91 Å². The first-order valence-corrected chi connectivity index (χ1v) is 13.7. The molecule has 1 saturated carbocycles. The second-order valence-electron chi connectivity index (χ2n) is 9.16. The fraction of sp³-hybridized carbons (Fsp3) is 0.577. The molecule has 0 spiro atoms. The molecule has 0 bridgehead atoms. The molecule has 2 amide bonds. The van der Waals surface area contributed by atoms with E-state index in [1.54, 1.807) is 13.3 Å². The highest BCUT2D eigenvalue weighted by Crippen LogP contribution is 2.30. The van der Waals surface area contributed by atoms with Gasteiger partial charge in [-0.15, -0.1) is 11.3 Å². The average molecular weight is 537 g/mol. The van der Waals surface area contributed by atoms with Crippen LogP contribution >= 0.6 is 22.9 Å². The van der Waals surface area contributed by atoms with Crippen LogP contribution in [0.15, 0.2) is 24.4 Å². The Labute approximate surface area is 222 Å². The van der Waals surface area contributed by atoms with Gasteiger partial charge in [-0.05, 0) is 44.4 Å². The molecule has 2 atom stereocenters. The Bertz CT molecular complexity index is 996. The van der Waals surface area contributed by atoms with Crippen molar-refractivity contribution in [3.8, 4) is 0 Å². The number of halogens is 1. The first-order chi connectivity index (χ1) is 17.4. The van der Waals surface area contributed by atoms with Crippen molar-refractivity contribution in [3.63, 3.8) is 0 Å². The highest BCUT2D eigenvalue weighted by atomic mass is 35.5. The molecule has 1 aliphatic carbocycles. The van der Waals surface area contributed by atoms with E-state index in [1.165, 1.54) is 24.2 Å². The number of hydrogen-bond acceptors (Lipinski definition) is 7. The number of ether oxygens (including phenoxy) is 2. The third kappa shape index (κ3) is 8.73. The molecule has 36 heavy (non-hydrogen) atoms. The summed E-state index contributed by atoms with van der Waals surface area (Å²) in [4.78, 5) is 31.9. The number of pyridine rings is 1. The van der Waals surface area contributed by atoms with Gasteiger partial charge in [0, 0.05) is 24.7 Å². The number of nitrogens with one attached hydrogen (secondary N) is 3. The van der Waals surface area contributed by atoms with Crippen LogP contribution in [0.3, 0.4) is 0 Å². The van der Waals surface area contributed by atoms with Crippen molar-refractivity contribution in [3.05, 3.63) is 44.9 Å².